The van der Waals surface area contributed by atoms with Crippen molar-refractivity contribution in [3.05, 3.63) is 83.8 Å². The van der Waals surface area contributed by atoms with Gasteiger partial charge in [-0.2, -0.15) is 0 Å². The summed E-state index contributed by atoms with van der Waals surface area (Å²) >= 11 is 32.5. The molecule has 3 rings (SSSR count). The number of nitro benzene ring substituents is 1. The third kappa shape index (κ3) is 4.53. The average Bonchev–Trinajstić information content (AvgIpc) is 3.20. The normalized spacial score (nSPS) is 12.2. The number of hydrogen-bond donors (Lipinski definition) is 0. The van der Waals surface area contributed by atoms with Gasteiger partial charge >= 0.3 is 0 Å². The fourth-order valence-corrected chi connectivity index (χ4v) is 5.19. The van der Waals surface area contributed by atoms with Crippen LogP contribution in [-0.4, -0.2) is 14.5 Å². The maximum atomic E-state index is 10.9. The summed E-state index contributed by atoms with van der Waals surface area (Å²) in [7, 11) is 0. The molecule has 0 aliphatic carbocycles. The number of benzene rings is 2. The minimum atomic E-state index is -0.450. The monoisotopic (exact) mass is 495 g/mol. The molecule has 5 nitrogen and oxygen atoms in total. The first-order valence-electron chi connectivity index (χ1n) is 7.67. The van der Waals surface area contributed by atoms with Crippen molar-refractivity contribution in [2.75, 3.05) is 0 Å². The molecule has 3 aromatic rings. The van der Waals surface area contributed by atoms with Crippen LogP contribution in [0, 0.1) is 10.1 Å². The highest BCUT2D eigenvalue weighted by molar-refractivity contribution is 7.99. The van der Waals surface area contributed by atoms with E-state index >= 15 is 0 Å². The van der Waals surface area contributed by atoms with Crippen LogP contribution in [0.5, 0.6) is 0 Å². The Morgan fingerprint density at radius 3 is 2.07 bits per heavy atom. The van der Waals surface area contributed by atoms with Gasteiger partial charge in [-0.15, -0.1) is 11.8 Å². The van der Waals surface area contributed by atoms with Gasteiger partial charge in [0.2, 0.25) is 0 Å². The molecule has 0 saturated heterocycles. The van der Waals surface area contributed by atoms with E-state index in [1.165, 1.54) is 23.9 Å². The van der Waals surface area contributed by atoms with Gasteiger partial charge in [0.1, 0.15) is 0 Å². The van der Waals surface area contributed by atoms with E-state index in [1.807, 2.05) is 10.8 Å². The molecule has 0 N–H and O–H groups in total. The lowest BCUT2D eigenvalue weighted by Crippen LogP contribution is -2.05. The Labute approximate surface area is 189 Å². The van der Waals surface area contributed by atoms with Crippen molar-refractivity contribution in [1.29, 1.82) is 0 Å². The van der Waals surface area contributed by atoms with E-state index in [1.54, 1.807) is 24.7 Å². The summed E-state index contributed by atoms with van der Waals surface area (Å²) in [5, 5.41) is 11.4. The summed E-state index contributed by atoms with van der Waals surface area (Å²) < 4.78 is 1.88. The minimum absolute atomic E-state index is 0.00350. The molecular formula is C17H10Cl5N3O2S. The van der Waals surface area contributed by atoms with Crippen molar-refractivity contribution in [2.45, 2.75) is 16.7 Å². The van der Waals surface area contributed by atoms with E-state index in [2.05, 4.69) is 4.98 Å². The van der Waals surface area contributed by atoms with E-state index in [0.717, 1.165) is 5.56 Å². The van der Waals surface area contributed by atoms with Crippen molar-refractivity contribution >= 4 is 75.5 Å². The van der Waals surface area contributed by atoms with Crippen molar-refractivity contribution in [3.63, 3.8) is 0 Å². The van der Waals surface area contributed by atoms with Crippen LogP contribution >= 0.6 is 69.8 Å². The minimum Gasteiger partial charge on any atom is -0.336 e. The molecule has 0 amide bonds. The van der Waals surface area contributed by atoms with Crippen LogP contribution in [0.4, 0.5) is 5.69 Å². The molecule has 1 heterocycles. The number of non-ortho nitro benzene ring substituents is 1. The Morgan fingerprint density at radius 2 is 1.57 bits per heavy atom. The molecule has 1 atom stereocenters. The van der Waals surface area contributed by atoms with Gasteiger partial charge in [0.15, 0.2) is 0 Å². The lowest BCUT2D eigenvalue weighted by molar-refractivity contribution is -0.384. The maximum Gasteiger partial charge on any atom is 0.269 e. The Bertz CT molecular complexity index is 984. The highest BCUT2D eigenvalue weighted by atomic mass is 35.5. The first-order chi connectivity index (χ1) is 13.3. The molecule has 11 heteroatoms. The zero-order chi connectivity index (χ0) is 20.4. The molecule has 0 aliphatic heterocycles. The fourth-order valence-electron chi connectivity index (χ4n) is 2.44. The topological polar surface area (TPSA) is 61.0 Å². The first kappa shape index (κ1) is 21.6. The number of nitrogens with zero attached hydrogens (tertiary/aromatic N) is 3. The largest absolute Gasteiger partial charge is 0.336 e. The van der Waals surface area contributed by atoms with Crippen LogP contribution in [-0.2, 0) is 6.54 Å². The molecule has 0 saturated carbocycles. The van der Waals surface area contributed by atoms with Crippen LogP contribution < -0.4 is 0 Å². The standard InChI is InChI=1S/C17H10Cl5N3O2S/c18-12-13(19)15(21)17(16(22)14(12)20)28-11(7-24-6-5-23-8-24)9-1-3-10(4-2-9)25(26)27/h1-6,8,11H,7H2. The highest BCUT2D eigenvalue weighted by Crippen LogP contribution is 2.51. The van der Waals surface area contributed by atoms with Crippen LogP contribution in [0.1, 0.15) is 10.8 Å². The lowest BCUT2D eigenvalue weighted by Gasteiger charge is -2.20. The second-order valence-electron chi connectivity index (χ2n) is 5.61. The number of aromatic nitrogens is 2. The van der Waals surface area contributed by atoms with Gasteiger partial charge in [0, 0.05) is 36.0 Å². The number of rotatable bonds is 6. The molecular weight excluding hydrogens is 488 g/mol. The molecule has 0 radical (unpaired) electrons. The maximum absolute atomic E-state index is 10.9. The average molecular weight is 498 g/mol. The molecule has 146 valence electrons. The molecule has 2 aromatic carbocycles. The quantitative estimate of drug-likeness (QED) is 0.116. The smallest absolute Gasteiger partial charge is 0.269 e. The molecule has 28 heavy (non-hydrogen) atoms. The van der Waals surface area contributed by atoms with E-state index < -0.39 is 4.92 Å². The Hall–Kier alpha value is -1.15. The van der Waals surface area contributed by atoms with Gasteiger partial charge in [-0.25, -0.2) is 4.98 Å². The molecule has 0 spiro atoms. The predicted octanol–water partition coefficient (Wildman–Crippen LogP) is 7.59. The van der Waals surface area contributed by atoms with Gasteiger partial charge in [0.05, 0.1) is 41.6 Å². The Balaban J connectivity index is 2.02. The summed E-state index contributed by atoms with van der Waals surface area (Å²) in [6.45, 7) is 0.507. The van der Waals surface area contributed by atoms with Gasteiger partial charge in [-0.3, -0.25) is 10.1 Å². The van der Waals surface area contributed by atoms with Crippen molar-refractivity contribution < 1.29 is 4.92 Å². The summed E-state index contributed by atoms with van der Waals surface area (Å²) in [5.74, 6) is 0. The van der Waals surface area contributed by atoms with E-state index in [-0.39, 0.29) is 36.1 Å². The summed E-state index contributed by atoms with van der Waals surface area (Å²) in [4.78, 5) is 15.0. The molecule has 0 fully saturated rings. The molecule has 0 bridgehead atoms. The number of imidazole rings is 1. The summed E-state index contributed by atoms with van der Waals surface area (Å²) in [6, 6.07) is 6.27. The SMILES string of the molecule is O=[N+]([O-])c1ccc(C(Cn2ccnc2)Sc2c(Cl)c(Cl)c(Cl)c(Cl)c2Cl)cc1. The lowest BCUT2D eigenvalue weighted by atomic mass is 10.1. The second kappa shape index (κ2) is 9.11. The van der Waals surface area contributed by atoms with Crippen molar-refractivity contribution in [1.82, 2.24) is 9.55 Å². The second-order valence-corrected chi connectivity index (χ2v) is 8.72. The summed E-state index contributed by atoms with van der Waals surface area (Å²) in [6.07, 6.45) is 5.14. The molecule has 1 aromatic heterocycles. The van der Waals surface area contributed by atoms with Crippen molar-refractivity contribution in [2.24, 2.45) is 0 Å². The Kier molecular flexibility index (Phi) is 7.02. The van der Waals surface area contributed by atoms with Gasteiger partial charge < -0.3 is 4.57 Å². The number of hydrogen-bond acceptors (Lipinski definition) is 4. The predicted molar refractivity (Wildman–Crippen MR) is 115 cm³/mol. The van der Waals surface area contributed by atoms with Crippen LogP contribution in [0.3, 0.4) is 0 Å². The van der Waals surface area contributed by atoms with Gasteiger partial charge in [0.25, 0.3) is 5.69 Å². The van der Waals surface area contributed by atoms with Gasteiger partial charge in [-0.1, -0.05) is 70.1 Å². The fraction of sp³-hybridized carbons (Fsp3) is 0.118. The molecule has 0 aliphatic rings. The zero-order valence-electron chi connectivity index (χ0n) is 13.8. The number of thioether (sulfide) groups is 1. The van der Waals surface area contributed by atoms with Crippen LogP contribution in [0.2, 0.25) is 25.1 Å². The Morgan fingerprint density at radius 1 is 1.00 bits per heavy atom. The summed E-state index contributed by atoms with van der Waals surface area (Å²) in [5.41, 5.74) is 0.836. The highest BCUT2D eigenvalue weighted by Gasteiger charge is 2.24. The van der Waals surface area contributed by atoms with Crippen LogP contribution in [0.15, 0.2) is 47.9 Å². The van der Waals surface area contributed by atoms with E-state index in [4.69, 9.17) is 58.0 Å². The third-order valence-electron chi connectivity index (χ3n) is 3.84. The van der Waals surface area contributed by atoms with Gasteiger partial charge in [-0.05, 0) is 5.56 Å². The van der Waals surface area contributed by atoms with Crippen LogP contribution in [0.25, 0.3) is 0 Å². The first-order valence-corrected chi connectivity index (χ1v) is 10.4. The number of halogens is 5. The van der Waals surface area contributed by atoms with Crippen molar-refractivity contribution in [3.8, 4) is 0 Å². The third-order valence-corrected chi connectivity index (χ3v) is 7.69. The van der Waals surface area contributed by atoms with E-state index in [9.17, 15) is 10.1 Å². The zero-order valence-corrected chi connectivity index (χ0v) is 18.4. The van der Waals surface area contributed by atoms with E-state index in [0.29, 0.717) is 11.4 Å². The number of nitro groups is 1. The molecule has 1 unspecified atom stereocenters.